The lowest BCUT2D eigenvalue weighted by atomic mass is 10.0. The Bertz CT molecular complexity index is 1080. The molecule has 0 saturated carbocycles. The Kier molecular flexibility index (Phi) is 6.00. The van der Waals surface area contributed by atoms with E-state index >= 15 is 0 Å². The fraction of sp³-hybridized carbons (Fsp3) is 0.263. The minimum absolute atomic E-state index is 0.0769. The smallest absolute Gasteiger partial charge is 0.416 e. The fourth-order valence-corrected chi connectivity index (χ4v) is 4.96. The largest absolute Gasteiger partial charge is 0.486 e. The van der Waals surface area contributed by atoms with Crippen molar-refractivity contribution in [2.45, 2.75) is 26.2 Å². The molecular formula is C19H13F6NOS3. The molecule has 0 unspecified atom stereocenters. The van der Waals surface area contributed by atoms with Gasteiger partial charge in [0.25, 0.3) is 0 Å². The van der Waals surface area contributed by atoms with Gasteiger partial charge in [-0.15, -0.1) is 22.7 Å². The zero-order valence-electron chi connectivity index (χ0n) is 15.7. The molecule has 0 N–H and O–H groups in total. The normalized spacial score (nSPS) is 12.3. The molecule has 160 valence electrons. The van der Waals surface area contributed by atoms with Crippen LogP contribution in [-0.2, 0) is 17.1 Å². The van der Waals surface area contributed by atoms with Gasteiger partial charge in [0.1, 0.15) is 5.01 Å². The molecule has 0 aliphatic rings. The van der Waals surface area contributed by atoms with Crippen LogP contribution in [0.15, 0.2) is 24.3 Å². The Balaban J connectivity index is 2.14. The summed E-state index contributed by atoms with van der Waals surface area (Å²) in [7, 11) is 1.44. The number of hydrogen-bond donors (Lipinski definition) is 0. The molecule has 1 aromatic carbocycles. The minimum atomic E-state index is -4.92. The van der Waals surface area contributed by atoms with Crippen molar-refractivity contribution in [1.82, 2.24) is 4.98 Å². The van der Waals surface area contributed by atoms with Crippen molar-refractivity contribution < 1.29 is 31.1 Å². The molecule has 0 bridgehead atoms. The van der Waals surface area contributed by atoms with Crippen molar-refractivity contribution in [3.05, 3.63) is 50.0 Å². The maximum atomic E-state index is 13.2. The van der Waals surface area contributed by atoms with Gasteiger partial charge in [-0.05, 0) is 50.3 Å². The number of benzene rings is 1. The average molecular weight is 482 g/mol. The number of methoxy groups -OCH3 is 1. The number of hydrogen-bond acceptors (Lipinski definition) is 5. The summed E-state index contributed by atoms with van der Waals surface area (Å²) in [5, 5.41) is 0.767. The number of rotatable bonds is 3. The number of alkyl halides is 6. The molecule has 0 spiro atoms. The topological polar surface area (TPSA) is 22.1 Å². The third kappa shape index (κ3) is 4.52. The van der Waals surface area contributed by atoms with E-state index in [9.17, 15) is 26.3 Å². The van der Waals surface area contributed by atoms with Crippen LogP contribution in [0.4, 0.5) is 26.3 Å². The van der Waals surface area contributed by atoms with Gasteiger partial charge < -0.3 is 4.74 Å². The number of thiocarbonyl (C=S) groups is 1. The zero-order chi connectivity index (χ0) is 22.4. The summed E-state index contributed by atoms with van der Waals surface area (Å²) >= 11 is 7.66. The third-order valence-corrected chi connectivity index (χ3v) is 6.76. The zero-order valence-corrected chi connectivity index (χ0v) is 18.1. The van der Waals surface area contributed by atoms with Crippen LogP contribution >= 0.6 is 34.9 Å². The first-order chi connectivity index (χ1) is 13.8. The summed E-state index contributed by atoms with van der Waals surface area (Å²) in [5.41, 5.74) is -2.20. The maximum absolute atomic E-state index is 13.2. The second kappa shape index (κ2) is 7.93. The van der Waals surface area contributed by atoms with E-state index in [0.29, 0.717) is 32.5 Å². The Morgan fingerprint density at radius 3 is 1.97 bits per heavy atom. The van der Waals surface area contributed by atoms with Crippen molar-refractivity contribution in [3.8, 4) is 21.8 Å². The first-order valence-corrected chi connectivity index (χ1v) is 10.3. The molecule has 0 radical (unpaired) electrons. The van der Waals surface area contributed by atoms with Gasteiger partial charge >= 0.3 is 12.4 Å². The van der Waals surface area contributed by atoms with Crippen molar-refractivity contribution in [1.29, 1.82) is 0 Å². The van der Waals surface area contributed by atoms with Crippen LogP contribution in [0.3, 0.4) is 0 Å². The molecule has 2 nitrogen and oxygen atoms in total. The summed E-state index contributed by atoms with van der Waals surface area (Å²) in [5.74, 6) is 0. The molecular weight excluding hydrogens is 468 g/mol. The summed E-state index contributed by atoms with van der Waals surface area (Å²) in [6, 6.07) is 3.23. The molecule has 0 amide bonds. The number of nitrogens with zero attached hydrogens (tertiary/aromatic N) is 1. The summed E-state index contributed by atoms with van der Waals surface area (Å²) < 4.78 is 84.1. The third-order valence-electron chi connectivity index (χ3n) is 4.19. The van der Waals surface area contributed by atoms with E-state index in [2.05, 4.69) is 4.98 Å². The lowest BCUT2D eigenvalue weighted by Crippen LogP contribution is -2.11. The highest BCUT2D eigenvalue weighted by molar-refractivity contribution is 7.80. The lowest BCUT2D eigenvalue weighted by molar-refractivity contribution is -0.143. The van der Waals surface area contributed by atoms with E-state index in [1.165, 1.54) is 29.8 Å². The van der Waals surface area contributed by atoms with Crippen LogP contribution in [0.5, 0.6) is 0 Å². The predicted octanol–water partition coefficient (Wildman–Crippen LogP) is 7.51. The van der Waals surface area contributed by atoms with Crippen LogP contribution in [0.2, 0.25) is 0 Å². The standard InChI is InChI=1S/C19H13F6NOS3/c1-8-13(7-14(29-8)17(28)27-3)16-26-15(9(2)30-16)10-4-11(18(20,21)22)6-12(5-10)19(23,24)25/h4-7H,1-3H3. The Morgan fingerprint density at radius 1 is 0.900 bits per heavy atom. The highest BCUT2D eigenvalue weighted by atomic mass is 32.1. The van der Waals surface area contributed by atoms with Crippen molar-refractivity contribution in [2.24, 2.45) is 0 Å². The SMILES string of the molecule is COC(=S)c1cc(-c2nc(-c3cc(C(F)(F)F)cc(C(F)(F)F)c3)c(C)s2)c(C)s1. The van der Waals surface area contributed by atoms with Gasteiger partial charge in [0.05, 0.1) is 28.8 Å². The van der Waals surface area contributed by atoms with E-state index in [4.69, 9.17) is 17.0 Å². The fourth-order valence-electron chi connectivity index (χ4n) is 2.77. The highest BCUT2D eigenvalue weighted by Gasteiger charge is 2.37. The molecule has 0 saturated heterocycles. The maximum Gasteiger partial charge on any atom is 0.416 e. The van der Waals surface area contributed by atoms with Crippen molar-refractivity contribution in [2.75, 3.05) is 7.11 Å². The van der Waals surface area contributed by atoms with Crippen LogP contribution in [0.1, 0.15) is 25.8 Å². The second-order valence-corrected chi connectivity index (χ2v) is 9.12. The van der Waals surface area contributed by atoms with E-state index in [0.717, 1.165) is 4.88 Å². The molecule has 0 aliphatic heterocycles. The van der Waals surface area contributed by atoms with Gasteiger partial charge in [-0.25, -0.2) is 4.98 Å². The molecule has 30 heavy (non-hydrogen) atoms. The van der Waals surface area contributed by atoms with Gasteiger partial charge in [-0.2, -0.15) is 26.3 Å². The molecule has 0 aliphatic carbocycles. The van der Waals surface area contributed by atoms with E-state index < -0.39 is 23.5 Å². The predicted molar refractivity (Wildman–Crippen MR) is 109 cm³/mol. The quantitative estimate of drug-likeness (QED) is 0.285. The van der Waals surface area contributed by atoms with Crippen LogP contribution in [-0.4, -0.2) is 17.1 Å². The van der Waals surface area contributed by atoms with Gasteiger partial charge in [0.2, 0.25) is 5.05 Å². The lowest BCUT2D eigenvalue weighted by Gasteiger charge is -2.13. The molecule has 3 aromatic rings. The first kappa shape index (κ1) is 22.7. The van der Waals surface area contributed by atoms with Crippen LogP contribution in [0.25, 0.3) is 21.8 Å². The Morgan fingerprint density at radius 2 is 1.47 bits per heavy atom. The number of thiazole rings is 1. The van der Waals surface area contributed by atoms with E-state index in [1.807, 2.05) is 6.92 Å². The van der Waals surface area contributed by atoms with Gasteiger partial charge in [0, 0.05) is 20.9 Å². The average Bonchev–Trinajstić information content (AvgIpc) is 3.22. The van der Waals surface area contributed by atoms with Gasteiger partial charge in [-0.3, -0.25) is 0 Å². The monoisotopic (exact) mass is 481 g/mol. The molecule has 3 rings (SSSR count). The summed E-state index contributed by atoms with van der Waals surface area (Å²) in [6.07, 6.45) is -9.84. The molecule has 2 heterocycles. The number of thiophene rings is 1. The van der Waals surface area contributed by atoms with E-state index in [1.54, 1.807) is 13.0 Å². The van der Waals surface area contributed by atoms with E-state index in [-0.39, 0.29) is 22.4 Å². The Labute approximate surface area is 181 Å². The number of aryl methyl sites for hydroxylation is 2. The second-order valence-electron chi connectivity index (χ2n) is 6.29. The van der Waals surface area contributed by atoms with Crippen LogP contribution < -0.4 is 0 Å². The molecule has 0 atom stereocenters. The molecule has 0 fully saturated rings. The van der Waals surface area contributed by atoms with Gasteiger partial charge in [0.15, 0.2) is 0 Å². The highest BCUT2D eigenvalue weighted by Crippen LogP contribution is 2.42. The van der Waals surface area contributed by atoms with Crippen molar-refractivity contribution >= 4 is 39.9 Å². The molecule has 11 heteroatoms. The van der Waals surface area contributed by atoms with Crippen molar-refractivity contribution in [3.63, 3.8) is 0 Å². The molecule has 2 aromatic heterocycles. The minimum Gasteiger partial charge on any atom is -0.486 e. The number of aromatic nitrogens is 1. The Hall–Kier alpha value is -1.98. The number of halogens is 6. The summed E-state index contributed by atoms with van der Waals surface area (Å²) in [4.78, 5) is 6.40. The van der Waals surface area contributed by atoms with Crippen LogP contribution in [0, 0.1) is 13.8 Å². The first-order valence-electron chi connectivity index (χ1n) is 8.27. The number of ether oxygens (including phenoxy) is 1. The summed E-state index contributed by atoms with van der Waals surface area (Å²) in [6.45, 7) is 3.43. The van der Waals surface area contributed by atoms with Gasteiger partial charge in [-0.1, -0.05) is 0 Å².